The van der Waals surface area contributed by atoms with Crippen LogP contribution in [0, 0.1) is 11.7 Å². The normalized spacial score (nSPS) is 20.4. The minimum absolute atomic E-state index is 0.0373. The molecule has 2 unspecified atom stereocenters. The molecule has 1 aromatic rings. The van der Waals surface area contributed by atoms with Crippen LogP contribution in [0.4, 0.5) is 4.39 Å². The van der Waals surface area contributed by atoms with E-state index in [1.165, 1.54) is 17.0 Å². The molecular formula is C15H18BrFN2O2. The number of amides is 2. The highest BCUT2D eigenvalue weighted by molar-refractivity contribution is 9.10. The first-order valence-electron chi connectivity index (χ1n) is 6.94. The highest BCUT2D eigenvalue weighted by atomic mass is 79.9. The van der Waals surface area contributed by atoms with Gasteiger partial charge in [-0.2, -0.15) is 0 Å². The molecule has 6 heteroatoms. The van der Waals surface area contributed by atoms with Crippen LogP contribution in [0.1, 0.15) is 25.8 Å². The molecule has 2 amide bonds. The van der Waals surface area contributed by atoms with Gasteiger partial charge in [0.1, 0.15) is 11.9 Å². The van der Waals surface area contributed by atoms with Crippen LogP contribution in [0.15, 0.2) is 22.7 Å². The largest absolute Gasteiger partial charge is 0.342 e. The molecule has 1 saturated heterocycles. The first kappa shape index (κ1) is 15.9. The Morgan fingerprint density at radius 2 is 2.19 bits per heavy atom. The standard InChI is InChI=1S/C15H18BrFN2O2/c1-3-9(2)14-15(21)19(8-13(20)18-14)7-10-4-5-11(17)6-12(10)16/h4-6,9,14H,3,7-8H2,1-2H3,(H,18,20). The molecule has 4 nitrogen and oxygen atoms in total. The summed E-state index contributed by atoms with van der Waals surface area (Å²) in [5.41, 5.74) is 0.780. The molecule has 1 heterocycles. The van der Waals surface area contributed by atoms with Crippen molar-refractivity contribution in [3.63, 3.8) is 0 Å². The van der Waals surface area contributed by atoms with Crippen molar-refractivity contribution < 1.29 is 14.0 Å². The van der Waals surface area contributed by atoms with E-state index in [1.54, 1.807) is 6.07 Å². The van der Waals surface area contributed by atoms with E-state index in [0.717, 1.165) is 12.0 Å². The fourth-order valence-electron chi connectivity index (χ4n) is 2.34. The fourth-order valence-corrected chi connectivity index (χ4v) is 2.82. The Morgan fingerprint density at radius 1 is 1.48 bits per heavy atom. The van der Waals surface area contributed by atoms with Crippen LogP contribution in [0.2, 0.25) is 0 Å². The third-order valence-corrected chi connectivity index (χ3v) is 4.56. The van der Waals surface area contributed by atoms with Crippen molar-refractivity contribution in [1.29, 1.82) is 0 Å². The summed E-state index contributed by atoms with van der Waals surface area (Å²) >= 11 is 3.29. The first-order valence-corrected chi connectivity index (χ1v) is 7.73. The predicted octanol–water partition coefficient (Wildman–Crippen LogP) is 2.46. The Bertz CT molecular complexity index is 565. The summed E-state index contributed by atoms with van der Waals surface area (Å²) in [6, 6.07) is 3.85. The Kier molecular flexibility index (Phi) is 4.98. The second-order valence-corrected chi connectivity index (χ2v) is 6.22. The number of hydrogen-bond acceptors (Lipinski definition) is 2. The monoisotopic (exact) mass is 356 g/mol. The van der Waals surface area contributed by atoms with Crippen molar-refractivity contribution in [2.45, 2.75) is 32.9 Å². The Labute approximate surface area is 131 Å². The van der Waals surface area contributed by atoms with Crippen molar-refractivity contribution >= 4 is 27.7 Å². The molecule has 2 atom stereocenters. The molecule has 0 aromatic heterocycles. The zero-order valence-electron chi connectivity index (χ0n) is 12.0. The van der Waals surface area contributed by atoms with Gasteiger partial charge >= 0.3 is 0 Å². The maximum absolute atomic E-state index is 13.1. The lowest BCUT2D eigenvalue weighted by Gasteiger charge is -2.35. The van der Waals surface area contributed by atoms with Crippen LogP contribution in [0.3, 0.4) is 0 Å². The number of halogens is 2. The summed E-state index contributed by atoms with van der Waals surface area (Å²) in [4.78, 5) is 25.8. The summed E-state index contributed by atoms with van der Waals surface area (Å²) in [6.45, 7) is 4.26. The number of rotatable bonds is 4. The molecular weight excluding hydrogens is 339 g/mol. The van der Waals surface area contributed by atoms with Gasteiger partial charge in [0, 0.05) is 11.0 Å². The number of nitrogens with zero attached hydrogens (tertiary/aromatic N) is 1. The van der Waals surface area contributed by atoms with Gasteiger partial charge in [-0.25, -0.2) is 4.39 Å². The van der Waals surface area contributed by atoms with E-state index in [-0.39, 0.29) is 30.1 Å². The number of carbonyl (C=O) groups is 2. The second kappa shape index (κ2) is 6.56. The molecule has 1 aromatic carbocycles. The summed E-state index contributed by atoms with van der Waals surface area (Å²) in [5.74, 6) is -0.495. The third-order valence-electron chi connectivity index (χ3n) is 3.82. The van der Waals surface area contributed by atoms with Gasteiger partial charge in [-0.3, -0.25) is 9.59 Å². The lowest BCUT2D eigenvalue weighted by atomic mass is 9.96. The number of piperazine rings is 1. The van der Waals surface area contributed by atoms with Crippen LogP contribution >= 0.6 is 15.9 Å². The highest BCUT2D eigenvalue weighted by Crippen LogP contribution is 2.22. The molecule has 1 aliphatic heterocycles. The topological polar surface area (TPSA) is 49.4 Å². The summed E-state index contributed by atoms with van der Waals surface area (Å²) in [6.07, 6.45) is 0.810. The lowest BCUT2D eigenvalue weighted by Crippen LogP contribution is -2.59. The smallest absolute Gasteiger partial charge is 0.246 e. The van der Waals surface area contributed by atoms with E-state index < -0.39 is 6.04 Å². The van der Waals surface area contributed by atoms with Crippen molar-refractivity contribution in [3.8, 4) is 0 Å². The number of hydrogen-bond donors (Lipinski definition) is 1. The maximum atomic E-state index is 13.1. The first-order chi connectivity index (χ1) is 9.92. The van der Waals surface area contributed by atoms with Crippen LogP contribution in [-0.4, -0.2) is 29.3 Å². The van der Waals surface area contributed by atoms with E-state index >= 15 is 0 Å². The SMILES string of the molecule is CCC(C)C1NC(=O)CN(Cc2ccc(F)cc2Br)C1=O. The molecule has 21 heavy (non-hydrogen) atoms. The second-order valence-electron chi connectivity index (χ2n) is 5.36. The van der Waals surface area contributed by atoms with E-state index in [0.29, 0.717) is 11.0 Å². The maximum Gasteiger partial charge on any atom is 0.246 e. The van der Waals surface area contributed by atoms with Gasteiger partial charge in [-0.15, -0.1) is 0 Å². The van der Waals surface area contributed by atoms with E-state index in [2.05, 4.69) is 21.2 Å². The highest BCUT2D eigenvalue weighted by Gasteiger charge is 2.35. The van der Waals surface area contributed by atoms with Gasteiger partial charge in [0.05, 0.1) is 6.54 Å². The Morgan fingerprint density at radius 3 is 2.81 bits per heavy atom. The summed E-state index contributed by atoms with van der Waals surface area (Å²) in [7, 11) is 0. The third kappa shape index (κ3) is 3.61. The quantitative estimate of drug-likeness (QED) is 0.900. The van der Waals surface area contributed by atoms with Crippen molar-refractivity contribution in [3.05, 3.63) is 34.1 Å². The number of nitrogens with one attached hydrogen (secondary N) is 1. The lowest BCUT2D eigenvalue weighted by molar-refractivity contribution is -0.146. The van der Waals surface area contributed by atoms with Crippen LogP contribution in [-0.2, 0) is 16.1 Å². The minimum atomic E-state index is -0.476. The Balaban J connectivity index is 2.18. The summed E-state index contributed by atoms with van der Waals surface area (Å²) < 4.78 is 13.7. The van der Waals surface area contributed by atoms with Gasteiger partial charge in [-0.1, -0.05) is 42.3 Å². The number of carbonyl (C=O) groups excluding carboxylic acids is 2. The summed E-state index contributed by atoms with van der Waals surface area (Å²) in [5, 5.41) is 2.75. The van der Waals surface area contributed by atoms with Crippen LogP contribution in [0.25, 0.3) is 0 Å². The van der Waals surface area contributed by atoms with Crippen LogP contribution in [0.5, 0.6) is 0 Å². The molecule has 0 saturated carbocycles. The van der Waals surface area contributed by atoms with Crippen LogP contribution < -0.4 is 5.32 Å². The van der Waals surface area contributed by atoms with Crippen molar-refractivity contribution in [2.24, 2.45) is 5.92 Å². The van der Waals surface area contributed by atoms with E-state index in [4.69, 9.17) is 0 Å². The molecule has 114 valence electrons. The van der Waals surface area contributed by atoms with Gasteiger partial charge in [0.25, 0.3) is 0 Å². The van der Waals surface area contributed by atoms with Gasteiger partial charge in [0.2, 0.25) is 11.8 Å². The zero-order chi connectivity index (χ0) is 15.6. The molecule has 0 bridgehead atoms. The minimum Gasteiger partial charge on any atom is -0.342 e. The molecule has 0 spiro atoms. The molecule has 0 radical (unpaired) electrons. The molecule has 0 aliphatic carbocycles. The fraction of sp³-hybridized carbons (Fsp3) is 0.467. The molecule has 1 N–H and O–H groups in total. The van der Waals surface area contributed by atoms with Gasteiger partial charge in [0.15, 0.2) is 0 Å². The molecule has 2 rings (SSSR count). The van der Waals surface area contributed by atoms with Gasteiger partial charge < -0.3 is 10.2 Å². The number of benzene rings is 1. The average Bonchev–Trinajstić information content (AvgIpc) is 2.44. The van der Waals surface area contributed by atoms with E-state index in [9.17, 15) is 14.0 Å². The van der Waals surface area contributed by atoms with Crippen molar-refractivity contribution in [1.82, 2.24) is 10.2 Å². The van der Waals surface area contributed by atoms with Gasteiger partial charge in [-0.05, 0) is 23.6 Å². The predicted molar refractivity (Wildman–Crippen MR) is 80.9 cm³/mol. The zero-order valence-corrected chi connectivity index (χ0v) is 13.6. The molecule has 1 fully saturated rings. The van der Waals surface area contributed by atoms with E-state index in [1.807, 2.05) is 13.8 Å². The average molecular weight is 357 g/mol. The molecule has 1 aliphatic rings. The Hall–Kier alpha value is -1.43. The van der Waals surface area contributed by atoms with Crippen molar-refractivity contribution in [2.75, 3.05) is 6.54 Å².